The molecule has 0 radical (unpaired) electrons. The molecule has 2 heterocycles. The Morgan fingerprint density at radius 3 is 3.17 bits per heavy atom. The van der Waals surface area contributed by atoms with Crippen molar-refractivity contribution < 1.29 is 4.74 Å². The molecule has 1 saturated heterocycles. The Labute approximate surface area is 69.5 Å². The maximum atomic E-state index is 5.35. The highest BCUT2D eigenvalue weighted by atomic mass is 16.5. The van der Waals surface area contributed by atoms with E-state index in [0.29, 0.717) is 24.5 Å². The van der Waals surface area contributed by atoms with E-state index >= 15 is 0 Å². The summed E-state index contributed by atoms with van der Waals surface area (Å²) in [6.45, 7) is 1.52. The van der Waals surface area contributed by atoms with Crippen LogP contribution in [0.25, 0.3) is 0 Å². The number of aromatic nitrogens is 3. The Hall–Kier alpha value is -1.30. The number of hydrogen-bond acceptors (Lipinski definition) is 5. The minimum absolute atomic E-state index is 0.320. The van der Waals surface area contributed by atoms with Crippen LogP contribution in [-0.2, 0) is 4.74 Å². The number of hydrogen-bond donors (Lipinski definition) is 3. The highest BCUT2D eigenvalue weighted by Gasteiger charge is 2.16. The van der Waals surface area contributed by atoms with E-state index in [0.717, 1.165) is 13.0 Å². The number of nitrogens with zero attached hydrogens (tertiary/aromatic N) is 2. The van der Waals surface area contributed by atoms with Crippen LogP contribution in [0.1, 0.15) is 6.42 Å². The summed E-state index contributed by atoms with van der Waals surface area (Å²) in [6, 6.07) is 0.320. The van der Waals surface area contributed by atoms with Crippen LogP contribution in [-0.4, -0.2) is 34.4 Å². The second-order valence-electron chi connectivity index (χ2n) is 2.75. The Morgan fingerprint density at radius 1 is 1.67 bits per heavy atom. The number of rotatable bonds is 2. The van der Waals surface area contributed by atoms with Gasteiger partial charge in [-0.3, -0.25) is 0 Å². The van der Waals surface area contributed by atoms with Gasteiger partial charge in [-0.2, -0.15) is 4.98 Å². The third-order valence-electron chi connectivity index (χ3n) is 1.77. The molecule has 1 fully saturated rings. The quantitative estimate of drug-likeness (QED) is 0.560. The lowest BCUT2D eigenvalue weighted by atomic mass is 10.3. The average molecular weight is 169 g/mol. The van der Waals surface area contributed by atoms with Crippen molar-refractivity contribution in [2.45, 2.75) is 12.5 Å². The van der Waals surface area contributed by atoms with Crippen molar-refractivity contribution in [3.63, 3.8) is 0 Å². The van der Waals surface area contributed by atoms with Crippen molar-refractivity contribution in [2.75, 3.05) is 24.3 Å². The van der Waals surface area contributed by atoms with E-state index < -0.39 is 0 Å². The van der Waals surface area contributed by atoms with Crippen LogP contribution in [0.2, 0.25) is 0 Å². The zero-order chi connectivity index (χ0) is 8.39. The molecular weight excluding hydrogens is 158 g/mol. The predicted octanol–water partition coefficient (Wildman–Crippen LogP) is -0.412. The van der Waals surface area contributed by atoms with Crippen LogP contribution in [0.4, 0.5) is 11.9 Å². The van der Waals surface area contributed by atoms with Crippen molar-refractivity contribution in [1.82, 2.24) is 15.2 Å². The zero-order valence-electron chi connectivity index (χ0n) is 6.58. The third kappa shape index (κ3) is 1.48. The molecule has 0 amide bonds. The van der Waals surface area contributed by atoms with E-state index in [1.807, 2.05) is 0 Å². The minimum Gasteiger partial charge on any atom is -0.379 e. The fourth-order valence-corrected chi connectivity index (χ4v) is 1.17. The van der Waals surface area contributed by atoms with Gasteiger partial charge in [-0.15, -0.1) is 5.10 Å². The van der Waals surface area contributed by atoms with Gasteiger partial charge >= 0.3 is 0 Å². The van der Waals surface area contributed by atoms with Gasteiger partial charge in [0.1, 0.15) is 0 Å². The second kappa shape index (κ2) is 2.98. The van der Waals surface area contributed by atoms with Gasteiger partial charge in [-0.25, -0.2) is 5.10 Å². The molecule has 0 bridgehead atoms. The summed E-state index contributed by atoms with van der Waals surface area (Å²) in [5, 5.41) is 9.51. The zero-order valence-corrected chi connectivity index (χ0v) is 6.58. The molecule has 6 heteroatoms. The number of nitrogen functional groups attached to an aromatic ring is 1. The van der Waals surface area contributed by atoms with Gasteiger partial charge in [-0.05, 0) is 6.42 Å². The van der Waals surface area contributed by atoms with Crippen LogP contribution < -0.4 is 11.1 Å². The lowest BCUT2D eigenvalue weighted by Crippen LogP contribution is -2.19. The fraction of sp³-hybridized carbons (Fsp3) is 0.667. The Kier molecular flexibility index (Phi) is 1.83. The van der Waals surface area contributed by atoms with Crippen LogP contribution in [0.5, 0.6) is 0 Å². The lowest BCUT2D eigenvalue weighted by Gasteiger charge is -2.06. The Balaban J connectivity index is 1.94. The normalized spacial score (nSPS) is 22.8. The molecule has 1 aromatic rings. The molecule has 1 aromatic heterocycles. The molecule has 0 aliphatic carbocycles. The van der Waals surface area contributed by atoms with E-state index in [9.17, 15) is 0 Å². The van der Waals surface area contributed by atoms with Crippen molar-refractivity contribution in [3.8, 4) is 0 Å². The van der Waals surface area contributed by atoms with Crippen molar-refractivity contribution >= 4 is 11.9 Å². The van der Waals surface area contributed by atoms with Gasteiger partial charge in [0.15, 0.2) is 0 Å². The number of anilines is 2. The molecule has 1 aliphatic heterocycles. The second-order valence-corrected chi connectivity index (χ2v) is 2.75. The first-order chi connectivity index (χ1) is 5.84. The largest absolute Gasteiger partial charge is 0.379 e. The van der Waals surface area contributed by atoms with Crippen LogP contribution >= 0.6 is 0 Å². The number of nitrogens with one attached hydrogen (secondary N) is 2. The molecule has 1 unspecified atom stereocenters. The van der Waals surface area contributed by atoms with Crippen LogP contribution in [0, 0.1) is 0 Å². The van der Waals surface area contributed by atoms with E-state index in [1.165, 1.54) is 0 Å². The highest BCUT2D eigenvalue weighted by molar-refractivity contribution is 5.31. The molecule has 4 N–H and O–H groups in total. The third-order valence-corrected chi connectivity index (χ3v) is 1.77. The SMILES string of the molecule is Nc1nc(NC2CCOC2)n[nH]1. The average Bonchev–Trinajstić information content (AvgIpc) is 2.63. The number of H-pyrrole nitrogens is 1. The lowest BCUT2D eigenvalue weighted by molar-refractivity contribution is 0.195. The maximum Gasteiger partial charge on any atom is 0.243 e. The standard InChI is InChI=1S/C6H11N5O/c7-5-9-6(11-10-5)8-4-1-2-12-3-4/h4H,1-3H2,(H4,7,8,9,10,11). The summed E-state index contributed by atoms with van der Waals surface area (Å²) in [5.74, 6) is 0.874. The number of aromatic amines is 1. The molecule has 12 heavy (non-hydrogen) atoms. The van der Waals surface area contributed by atoms with Gasteiger partial charge < -0.3 is 15.8 Å². The van der Waals surface area contributed by atoms with Crippen molar-refractivity contribution in [2.24, 2.45) is 0 Å². The highest BCUT2D eigenvalue weighted by Crippen LogP contribution is 2.09. The predicted molar refractivity (Wildman–Crippen MR) is 43.6 cm³/mol. The minimum atomic E-state index is 0.320. The van der Waals surface area contributed by atoms with E-state index in [4.69, 9.17) is 10.5 Å². The summed E-state index contributed by atoms with van der Waals surface area (Å²) >= 11 is 0. The summed E-state index contributed by atoms with van der Waals surface area (Å²) in [6.07, 6.45) is 0.994. The molecule has 2 rings (SSSR count). The first-order valence-corrected chi connectivity index (χ1v) is 3.87. The Morgan fingerprint density at radius 2 is 2.58 bits per heavy atom. The van der Waals surface area contributed by atoms with Crippen molar-refractivity contribution in [3.05, 3.63) is 0 Å². The molecule has 1 atom stereocenters. The summed E-state index contributed by atoms with van der Waals surface area (Å²) in [4.78, 5) is 3.92. The van der Waals surface area contributed by atoms with Gasteiger partial charge in [0.05, 0.1) is 12.6 Å². The molecule has 1 aliphatic rings. The van der Waals surface area contributed by atoms with Gasteiger partial charge in [-0.1, -0.05) is 0 Å². The van der Waals surface area contributed by atoms with Crippen LogP contribution in [0.15, 0.2) is 0 Å². The summed E-state index contributed by atoms with van der Waals surface area (Å²) in [5.41, 5.74) is 5.35. The van der Waals surface area contributed by atoms with Crippen molar-refractivity contribution in [1.29, 1.82) is 0 Å². The monoisotopic (exact) mass is 169 g/mol. The smallest absolute Gasteiger partial charge is 0.243 e. The molecule has 0 saturated carbocycles. The summed E-state index contributed by atoms with van der Waals surface area (Å²) < 4.78 is 5.18. The maximum absolute atomic E-state index is 5.35. The molecule has 6 nitrogen and oxygen atoms in total. The van der Waals surface area contributed by atoms with Gasteiger partial charge in [0.25, 0.3) is 0 Å². The molecule has 66 valence electrons. The van der Waals surface area contributed by atoms with E-state index in [2.05, 4.69) is 20.5 Å². The fourth-order valence-electron chi connectivity index (χ4n) is 1.17. The van der Waals surface area contributed by atoms with Gasteiger partial charge in [0, 0.05) is 6.61 Å². The topological polar surface area (TPSA) is 88.8 Å². The van der Waals surface area contributed by atoms with E-state index in [-0.39, 0.29) is 0 Å². The molecule has 0 spiro atoms. The molecular formula is C6H11N5O. The van der Waals surface area contributed by atoms with Gasteiger partial charge in [0.2, 0.25) is 11.9 Å². The summed E-state index contributed by atoms with van der Waals surface area (Å²) in [7, 11) is 0. The van der Waals surface area contributed by atoms with Crippen LogP contribution in [0.3, 0.4) is 0 Å². The molecule has 0 aromatic carbocycles. The Bertz CT molecular complexity index is 254. The number of nitrogens with two attached hydrogens (primary N) is 1. The first kappa shape index (κ1) is 7.35. The van der Waals surface area contributed by atoms with E-state index in [1.54, 1.807) is 0 Å². The first-order valence-electron chi connectivity index (χ1n) is 3.87. The number of ether oxygens (including phenoxy) is 1.